The maximum atomic E-state index is 11.6. The number of rotatable bonds is 2. The maximum absolute atomic E-state index is 11.6. The zero-order valence-corrected chi connectivity index (χ0v) is 12.1. The number of aromatic nitrogens is 1. The number of hydrogen-bond donors (Lipinski definition) is 0. The molecule has 0 bridgehead atoms. The molecule has 0 amide bonds. The fourth-order valence-corrected chi connectivity index (χ4v) is 2.43. The Bertz CT molecular complexity index is 813. The van der Waals surface area contributed by atoms with E-state index < -0.39 is 0 Å². The Hall–Kier alpha value is -2.62. The van der Waals surface area contributed by atoms with E-state index >= 15 is 0 Å². The van der Waals surface area contributed by atoms with Crippen molar-refractivity contribution in [3.8, 4) is 11.5 Å². The first-order valence-corrected chi connectivity index (χ1v) is 6.65. The summed E-state index contributed by atoms with van der Waals surface area (Å²) in [5.41, 5.74) is 4.97. The summed E-state index contributed by atoms with van der Waals surface area (Å²) in [5, 5.41) is 0. The van der Waals surface area contributed by atoms with Gasteiger partial charge in [0.05, 0.1) is 12.7 Å². The number of hydrogen-bond acceptors (Lipinski definition) is 4. The van der Waals surface area contributed by atoms with Crippen LogP contribution in [0.25, 0.3) is 22.6 Å². The molecule has 4 heteroatoms. The smallest absolute Gasteiger partial charge is 0.337 e. The molecule has 21 heavy (non-hydrogen) atoms. The lowest BCUT2D eigenvalue weighted by Crippen LogP contribution is -2.00. The molecule has 0 atom stereocenters. The number of carbonyl (C=O) groups is 1. The second kappa shape index (κ2) is 5.05. The standard InChI is InChI=1S/C17H15NO3/c1-10-5-4-6-11(2)15(10)16-18-13-9-12(17(19)20-3)7-8-14(13)21-16/h4-9H,1-3H3. The first-order chi connectivity index (χ1) is 10.1. The molecular formula is C17H15NO3. The first-order valence-electron chi connectivity index (χ1n) is 6.65. The fourth-order valence-electron chi connectivity index (χ4n) is 2.43. The second-order valence-electron chi connectivity index (χ2n) is 4.96. The molecule has 106 valence electrons. The molecule has 0 aliphatic heterocycles. The van der Waals surface area contributed by atoms with Gasteiger partial charge < -0.3 is 9.15 Å². The Balaban J connectivity index is 2.15. The number of fused-ring (bicyclic) bond motifs is 1. The van der Waals surface area contributed by atoms with Crippen molar-refractivity contribution in [1.82, 2.24) is 4.98 Å². The van der Waals surface area contributed by atoms with Gasteiger partial charge in [-0.15, -0.1) is 0 Å². The van der Waals surface area contributed by atoms with Gasteiger partial charge in [-0.25, -0.2) is 9.78 Å². The highest BCUT2D eigenvalue weighted by Gasteiger charge is 2.14. The summed E-state index contributed by atoms with van der Waals surface area (Å²) in [6.45, 7) is 4.05. The third-order valence-electron chi connectivity index (χ3n) is 3.50. The minimum Gasteiger partial charge on any atom is -0.465 e. The number of carbonyl (C=O) groups excluding carboxylic acids is 1. The summed E-state index contributed by atoms with van der Waals surface area (Å²) < 4.78 is 10.5. The third-order valence-corrected chi connectivity index (χ3v) is 3.50. The SMILES string of the molecule is COC(=O)c1ccc2oc(-c3c(C)cccc3C)nc2c1. The van der Waals surface area contributed by atoms with Gasteiger partial charge in [-0.3, -0.25) is 0 Å². The third kappa shape index (κ3) is 2.29. The highest BCUT2D eigenvalue weighted by Crippen LogP contribution is 2.29. The highest BCUT2D eigenvalue weighted by molar-refractivity contribution is 5.93. The van der Waals surface area contributed by atoms with Gasteiger partial charge in [-0.2, -0.15) is 0 Å². The van der Waals surface area contributed by atoms with Crippen molar-refractivity contribution in [2.45, 2.75) is 13.8 Å². The molecule has 0 unspecified atom stereocenters. The Morgan fingerprint density at radius 3 is 2.52 bits per heavy atom. The number of aryl methyl sites for hydroxylation is 2. The number of nitrogens with zero attached hydrogens (tertiary/aromatic N) is 1. The Morgan fingerprint density at radius 1 is 1.14 bits per heavy atom. The van der Waals surface area contributed by atoms with E-state index in [0.29, 0.717) is 22.6 Å². The molecule has 0 saturated carbocycles. The van der Waals surface area contributed by atoms with Gasteiger partial charge in [0, 0.05) is 5.56 Å². The summed E-state index contributed by atoms with van der Waals surface area (Å²) in [7, 11) is 1.36. The molecule has 4 nitrogen and oxygen atoms in total. The Morgan fingerprint density at radius 2 is 1.86 bits per heavy atom. The molecule has 1 heterocycles. The normalized spacial score (nSPS) is 10.8. The predicted octanol–water partition coefficient (Wildman–Crippen LogP) is 3.90. The average Bonchev–Trinajstić information content (AvgIpc) is 2.88. The highest BCUT2D eigenvalue weighted by atomic mass is 16.5. The lowest BCUT2D eigenvalue weighted by atomic mass is 10.0. The van der Waals surface area contributed by atoms with Crippen molar-refractivity contribution < 1.29 is 13.9 Å². The van der Waals surface area contributed by atoms with Gasteiger partial charge in [0.1, 0.15) is 5.52 Å². The lowest BCUT2D eigenvalue weighted by Gasteiger charge is -2.04. The van der Waals surface area contributed by atoms with Crippen LogP contribution in [-0.4, -0.2) is 18.1 Å². The molecule has 0 saturated heterocycles. The van der Waals surface area contributed by atoms with Crippen LogP contribution in [-0.2, 0) is 4.74 Å². The molecule has 3 aromatic rings. The van der Waals surface area contributed by atoms with E-state index in [0.717, 1.165) is 16.7 Å². The van der Waals surface area contributed by atoms with Gasteiger partial charge in [0.15, 0.2) is 5.58 Å². The number of esters is 1. The van der Waals surface area contributed by atoms with E-state index in [9.17, 15) is 4.79 Å². The van der Waals surface area contributed by atoms with Crippen LogP contribution < -0.4 is 0 Å². The van der Waals surface area contributed by atoms with Crippen LogP contribution in [0.15, 0.2) is 40.8 Å². The number of oxazole rings is 1. The van der Waals surface area contributed by atoms with Gasteiger partial charge in [-0.05, 0) is 43.2 Å². The summed E-state index contributed by atoms with van der Waals surface area (Å²) in [6.07, 6.45) is 0. The van der Waals surface area contributed by atoms with Gasteiger partial charge in [-0.1, -0.05) is 18.2 Å². The van der Waals surface area contributed by atoms with Crippen LogP contribution in [0, 0.1) is 13.8 Å². The van der Waals surface area contributed by atoms with Crippen LogP contribution in [0.3, 0.4) is 0 Å². The van der Waals surface area contributed by atoms with E-state index in [2.05, 4.69) is 4.98 Å². The summed E-state index contributed by atoms with van der Waals surface area (Å²) >= 11 is 0. The average molecular weight is 281 g/mol. The molecule has 0 fully saturated rings. The van der Waals surface area contributed by atoms with E-state index in [1.165, 1.54) is 7.11 Å². The summed E-state index contributed by atoms with van der Waals surface area (Å²) in [4.78, 5) is 16.1. The monoisotopic (exact) mass is 281 g/mol. The molecule has 0 aliphatic carbocycles. The predicted molar refractivity (Wildman–Crippen MR) is 80.3 cm³/mol. The van der Waals surface area contributed by atoms with Gasteiger partial charge in [0.25, 0.3) is 0 Å². The van der Waals surface area contributed by atoms with Crippen LogP contribution in [0.4, 0.5) is 0 Å². The zero-order chi connectivity index (χ0) is 15.0. The lowest BCUT2D eigenvalue weighted by molar-refractivity contribution is 0.0601. The molecule has 2 aromatic carbocycles. The fraction of sp³-hybridized carbons (Fsp3) is 0.176. The van der Waals surface area contributed by atoms with Crippen molar-refractivity contribution in [2.24, 2.45) is 0 Å². The summed E-state index contributed by atoms with van der Waals surface area (Å²) in [5.74, 6) is 0.191. The van der Waals surface area contributed by atoms with Crippen molar-refractivity contribution >= 4 is 17.1 Å². The quantitative estimate of drug-likeness (QED) is 0.668. The van der Waals surface area contributed by atoms with Crippen molar-refractivity contribution in [1.29, 1.82) is 0 Å². The van der Waals surface area contributed by atoms with Gasteiger partial charge in [0.2, 0.25) is 5.89 Å². The van der Waals surface area contributed by atoms with Gasteiger partial charge >= 0.3 is 5.97 Å². The zero-order valence-electron chi connectivity index (χ0n) is 12.1. The second-order valence-corrected chi connectivity index (χ2v) is 4.96. The van der Waals surface area contributed by atoms with Crippen LogP contribution in [0.1, 0.15) is 21.5 Å². The summed E-state index contributed by atoms with van der Waals surface area (Å²) in [6, 6.07) is 11.2. The maximum Gasteiger partial charge on any atom is 0.337 e. The van der Waals surface area contributed by atoms with E-state index in [-0.39, 0.29) is 5.97 Å². The number of methoxy groups -OCH3 is 1. The van der Waals surface area contributed by atoms with E-state index in [1.807, 2.05) is 32.0 Å². The topological polar surface area (TPSA) is 52.3 Å². The van der Waals surface area contributed by atoms with Crippen LogP contribution in [0.2, 0.25) is 0 Å². The van der Waals surface area contributed by atoms with E-state index in [4.69, 9.17) is 9.15 Å². The van der Waals surface area contributed by atoms with Crippen LogP contribution >= 0.6 is 0 Å². The van der Waals surface area contributed by atoms with Crippen molar-refractivity contribution in [3.05, 3.63) is 53.1 Å². The minimum absolute atomic E-state index is 0.381. The molecule has 0 radical (unpaired) electrons. The Labute approximate surface area is 122 Å². The molecule has 1 aromatic heterocycles. The number of ether oxygens (including phenoxy) is 1. The molecule has 0 N–H and O–H groups in total. The van der Waals surface area contributed by atoms with Crippen molar-refractivity contribution in [3.63, 3.8) is 0 Å². The Kier molecular flexibility index (Phi) is 3.22. The number of benzene rings is 2. The molecule has 0 spiro atoms. The first kappa shape index (κ1) is 13.4. The van der Waals surface area contributed by atoms with Crippen molar-refractivity contribution in [2.75, 3.05) is 7.11 Å². The largest absolute Gasteiger partial charge is 0.465 e. The molecule has 3 rings (SSSR count). The van der Waals surface area contributed by atoms with E-state index in [1.54, 1.807) is 18.2 Å². The molecular weight excluding hydrogens is 266 g/mol. The van der Waals surface area contributed by atoms with Crippen LogP contribution in [0.5, 0.6) is 0 Å². The molecule has 0 aliphatic rings. The minimum atomic E-state index is -0.381.